The minimum absolute atomic E-state index is 0.150. The molecule has 2 heterocycles. The Morgan fingerprint density at radius 2 is 2.18 bits per heavy atom. The number of carbonyl (C=O) groups excluding carboxylic acids is 1. The zero-order chi connectivity index (χ0) is 15.9. The number of hydrogen-bond donors (Lipinski definition) is 2. The fraction of sp³-hybridized carbons (Fsp3) is 0.167. The van der Waals surface area contributed by atoms with E-state index in [0.29, 0.717) is 0 Å². The number of ether oxygens (including phenoxy) is 1. The van der Waals surface area contributed by atoms with E-state index in [0.717, 1.165) is 6.33 Å². The van der Waals surface area contributed by atoms with Crippen molar-refractivity contribution >= 4 is 17.4 Å². The van der Waals surface area contributed by atoms with Crippen molar-refractivity contribution in [3.8, 4) is 5.88 Å². The predicted octanol–water partition coefficient (Wildman–Crippen LogP) is 0.935. The van der Waals surface area contributed by atoms with E-state index in [4.69, 9.17) is 4.74 Å². The molecular weight excluding hydrogens is 292 g/mol. The van der Waals surface area contributed by atoms with Gasteiger partial charge in [-0.15, -0.1) is 0 Å². The zero-order valence-electron chi connectivity index (χ0n) is 11.5. The molecule has 0 radical (unpaired) electrons. The Bertz CT molecular complexity index is 679. The predicted molar refractivity (Wildman–Crippen MR) is 75.2 cm³/mol. The molecule has 0 aromatic carbocycles. The van der Waals surface area contributed by atoms with Crippen LogP contribution in [0.1, 0.15) is 17.4 Å². The van der Waals surface area contributed by atoms with Gasteiger partial charge < -0.3 is 4.74 Å². The van der Waals surface area contributed by atoms with Gasteiger partial charge >= 0.3 is 5.69 Å². The average Bonchev–Trinajstić information content (AvgIpc) is 2.53. The van der Waals surface area contributed by atoms with Crippen LogP contribution >= 0.6 is 0 Å². The fourth-order valence-corrected chi connectivity index (χ4v) is 1.54. The number of nitrogens with one attached hydrogen (secondary N) is 2. The Balaban J connectivity index is 2.17. The van der Waals surface area contributed by atoms with E-state index in [-0.39, 0.29) is 24.0 Å². The van der Waals surface area contributed by atoms with E-state index in [1.165, 1.54) is 12.3 Å². The highest BCUT2D eigenvalue weighted by atomic mass is 16.6. The van der Waals surface area contributed by atoms with E-state index >= 15 is 0 Å². The highest BCUT2D eigenvalue weighted by molar-refractivity contribution is 5.93. The topological polar surface area (TPSA) is 132 Å². The van der Waals surface area contributed by atoms with Gasteiger partial charge in [0, 0.05) is 6.20 Å². The lowest BCUT2D eigenvalue weighted by Crippen LogP contribution is -2.30. The Kier molecular flexibility index (Phi) is 4.75. The van der Waals surface area contributed by atoms with Crippen molar-refractivity contribution < 1.29 is 14.5 Å². The molecule has 1 amide bonds. The third kappa shape index (κ3) is 3.42. The largest absolute Gasteiger partial charge is 0.473 e. The van der Waals surface area contributed by atoms with E-state index in [1.54, 1.807) is 19.1 Å². The molecule has 10 nitrogen and oxygen atoms in total. The Hall–Kier alpha value is -3.30. The Labute approximate surface area is 124 Å². The van der Waals surface area contributed by atoms with Crippen LogP contribution in [0.2, 0.25) is 0 Å². The number of aromatic nitrogens is 3. The van der Waals surface area contributed by atoms with Gasteiger partial charge in [-0.25, -0.2) is 4.98 Å². The first-order valence-corrected chi connectivity index (χ1v) is 6.23. The number of nitro groups is 1. The Morgan fingerprint density at radius 3 is 2.82 bits per heavy atom. The number of carbonyl (C=O) groups is 1. The summed E-state index contributed by atoms with van der Waals surface area (Å²) in [4.78, 5) is 33.5. The van der Waals surface area contributed by atoms with Gasteiger partial charge in [0.25, 0.3) is 11.8 Å². The first kappa shape index (κ1) is 15.1. The Morgan fingerprint density at radius 1 is 1.36 bits per heavy atom. The van der Waals surface area contributed by atoms with Crippen LogP contribution in [-0.4, -0.2) is 32.4 Å². The van der Waals surface area contributed by atoms with Gasteiger partial charge in [0.05, 0.1) is 11.5 Å². The van der Waals surface area contributed by atoms with Crippen LogP contribution in [0.25, 0.3) is 0 Å². The third-order valence-electron chi connectivity index (χ3n) is 2.44. The first-order chi connectivity index (χ1) is 10.6. The summed E-state index contributed by atoms with van der Waals surface area (Å²) in [5.41, 5.74) is 4.34. The molecule has 0 aliphatic heterocycles. The van der Waals surface area contributed by atoms with Gasteiger partial charge in [0.2, 0.25) is 5.82 Å². The SMILES string of the molecule is CCOc1ncnc(NNC(=O)c2ccccn2)c1[N+](=O)[O-]. The number of amides is 1. The number of anilines is 1. The first-order valence-electron chi connectivity index (χ1n) is 6.23. The van der Waals surface area contributed by atoms with Crippen LogP contribution in [0.4, 0.5) is 11.5 Å². The average molecular weight is 304 g/mol. The van der Waals surface area contributed by atoms with Crippen LogP contribution in [0, 0.1) is 10.1 Å². The smallest absolute Gasteiger partial charge is 0.374 e. The van der Waals surface area contributed by atoms with Crippen molar-refractivity contribution in [3.05, 3.63) is 46.5 Å². The molecule has 2 aromatic heterocycles. The second-order valence-electron chi connectivity index (χ2n) is 3.86. The summed E-state index contributed by atoms with van der Waals surface area (Å²) >= 11 is 0. The molecule has 0 aliphatic rings. The third-order valence-corrected chi connectivity index (χ3v) is 2.44. The molecule has 0 bridgehead atoms. The molecule has 2 N–H and O–H groups in total. The van der Waals surface area contributed by atoms with Crippen molar-refractivity contribution in [2.24, 2.45) is 0 Å². The van der Waals surface area contributed by atoms with Gasteiger partial charge in [0.1, 0.15) is 12.0 Å². The summed E-state index contributed by atoms with van der Waals surface area (Å²) in [6.07, 6.45) is 2.54. The molecule has 22 heavy (non-hydrogen) atoms. The van der Waals surface area contributed by atoms with Gasteiger partial charge in [-0.05, 0) is 19.1 Å². The van der Waals surface area contributed by atoms with Crippen molar-refractivity contribution in [3.63, 3.8) is 0 Å². The molecule has 114 valence electrons. The molecule has 10 heteroatoms. The molecule has 0 aliphatic carbocycles. The molecule has 2 rings (SSSR count). The van der Waals surface area contributed by atoms with Crippen LogP contribution < -0.4 is 15.6 Å². The minimum atomic E-state index is -0.694. The van der Waals surface area contributed by atoms with Gasteiger partial charge in [0.15, 0.2) is 0 Å². The number of nitrogens with zero attached hydrogens (tertiary/aromatic N) is 4. The van der Waals surface area contributed by atoms with Crippen molar-refractivity contribution in [2.75, 3.05) is 12.0 Å². The summed E-state index contributed by atoms with van der Waals surface area (Å²) in [6.45, 7) is 1.87. The van der Waals surface area contributed by atoms with E-state index in [2.05, 4.69) is 25.8 Å². The van der Waals surface area contributed by atoms with Crippen molar-refractivity contribution in [1.82, 2.24) is 20.4 Å². The molecule has 0 spiro atoms. The quantitative estimate of drug-likeness (QED) is 0.595. The monoisotopic (exact) mass is 304 g/mol. The number of hydrazine groups is 1. The summed E-state index contributed by atoms with van der Waals surface area (Å²) in [5, 5.41) is 11.1. The van der Waals surface area contributed by atoms with Crippen LogP contribution in [0.5, 0.6) is 5.88 Å². The van der Waals surface area contributed by atoms with Gasteiger partial charge in [-0.2, -0.15) is 4.98 Å². The van der Waals surface area contributed by atoms with Crippen molar-refractivity contribution in [1.29, 1.82) is 0 Å². The molecule has 0 saturated carbocycles. The lowest BCUT2D eigenvalue weighted by atomic mass is 10.3. The van der Waals surface area contributed by atoms with E-state index < -0.39 is 16.5 Å². The molecule has 0 atom stereocenters. The lowest BCUT2D eigenvalue weighted by molar-refractivity contribution is -0.385. The molecule has 0 unspecified atom stereocenters. The lowest BCUT2D eigenvalue weighted by Gasteiger charge is -2.09. The van der Waals surface area contributed by atoms with Gasteiger partial charge in [-0.3, -0.25) is 30.7 Å². The summed E-state index contributed by atoms with van der Waals surface area (Å²) < 4.78 is 5.07. The van der Waals surface area contributed by atoms with Crippen LogP contribution in [0.15, 0.2) is 30.7 Å². The maximum Gasteiger partial charge on any atom is 0.374 e. The summed E-state index contributed by atoms with van der Waals surface area (Å²) in [7, 11) is 0. The van der Waals surface area contributed by atoms with E-state index in [9.17, 15) is 14.9 Å². The number of rotatable bonds is 6. The minimum Gasteiger partial charge on any atom is -0.473 e. The molecular formula is C12H12N6O4. The summed E-state index contributed by atoms with van der Waals surface area (Å²) in [6, 6.07) is 4.80. The zero-order valence-corrected chi connectivity index (χ0v) is 11.5. The molecule has 0 saturated heterocycles. The second-order valence-corrected chi connectivity index (χ2v) is 3.86. The number of hydrogen-bond acceptors (Lipinski definition) is 8. The van der Waals surface area contributed by atoms with Crippen LogP contribution in [-0.2, 0) is 0 Å². The standard InChI is InChI=1S/C12H12N6O4/c1-2-22-12-9(18(20)21)10(14-7-15-12)16-17-11(19)8-5-3-4-6-13-8/h3-7H,2H2,1H3,(H,17,19)(H,14,15,16). The van der Waals surface area contributed by atoms with Crippen LogP contribution in [0.3, 0.4) is 0 Å². The fourth-order valence-electron chi connectivity index (χ4n) is 1.54. The second kappa shape index (κ2) is 6.92. The maximum absolute atomic E-state index is 11.8. The molecule has 0 fully saturated rings. The summed E-state index contributed by atoms with van der Waals surface area (Å²) in [5.74, 6) is -0.934. The normalized spacial score (nSPS) is 9.86. The van der Waals surface area contributed by atoms with Gasteiger partial charge in [-0.1, -0.05) is 6.07 Å². The number of pyridine rings is 1. The van der Waals surface area contributed by atoms with Crippen molar-refractivity contribution in [2.45, 2.75) is 6.92 Å². The highest BCUT2D eigenvalue weighted by Gasteiger charge is 2.24. The van der Waals surface area contributed by atoms with E-state index in [1.807, 2.05) is 0 Å². The molecule has 2 aromatic rings. The maximum atomic E-state index is 11.8. The highest BCUT2D eigenvalue weighted by Crippen LogP contribution is 2.30.